The van der Waals surface area contributed by atoms with Crippen LogP contribution in [0.1, 0.15) is 36.2 Å². The molecule has 0 saturated carbocycles. The minimum atomic E-state index is -0.513. The molecular formula is C16H22N4O2. The van der Waals surface area contributed by atoms with E-state index in [1.165, 1.54) is 0 Å². The largest absolute Gasteiger partial charge is 0.371 e. The fourth-order valence-corrected chi connectivity index (χ4v) is 3.33. The quantitative estimate of drug-likeness (QED) is 0.904. The van der Waals surface area contributed by atoms with Crippen LogP contribution in [-0.2, 0) is 4.79 Å². The van der Waals surface area contributed by atoms with Crippen LogP contribution in [0.25, 0.3) is 0 Å². The van der Waals surface area contributed by atoms with Gasteiger partial charge in [-0.05, 0) is 37.8 Å². The van der Waals surface area contributed by atoms with Crippen molar-refractivity contribution in [3.05, 3.63) is 24.0 Å². The van der Waals surface area contributed by atoms with Gasteiger partial charge in [0, 0.05) is 44.0 Å². The van der Waals surface area contributed by atoms with Crippen molar-refractivity contribution in [2.75, 3.05) is 31.1 Å². The number of piperidine rings is 1. The Labute approximate surface area is 130 Å². The summed E-state index contributed by atoms with van der Waals surface area (Å²) < 4.78 is 0. The normalized spacial score (nSPS) is 19.5. The zero-order valence-electron chi connectivity index (χ0n) is 12.7. The summed E-state index contributed by atoms with van der Waals surface area (Å²) >= 11 is 0. The van der Waals surface area contributed by atoms with Gasteiger partial charge in [0.1, 0.15) is 5.69 Å². The highest BCUT2D eigenvalue weighted by molar-refractivity contribution is 5.91. The van der Waals surface area contributed by atoms with Gasteiger partial charge in [-0.2, -0.15) is 0 Å². The van der Waals surface area contributed by atoms with E-state index in [2.05, 4.69) is 9.88 Å². The number of hydrogen-bond donors (Lipinski definition) is 1. The van der Waals surface area contributed by atoms with Crippen molar-refractivity contribution < 1.29 is 9.59 Å². The molecule has 3 heterocycles. The molecule has 2 fully saturated rings. The van der Waals surface area contributed by atoms with Gasteiger partial charge < -0.3 is 15.5 Å². The number of aromatic nitrogens is 1. The summed E-state index contributed by atoms with van der Waals surface area (Å²) in [5.41, 5.74) is 6.51. The Morgan fingerprint density at radius 3 is 2.45 bits per heavy atom. The summed E-state index contributed by atoms with van der Waals surface area (Å²) in [7, 11) is 0. The van der Waals surface area contributed by atoms with Crippen LogP contribution in [0.2, 0.25) is 0 Å². The predicted octanol–water partition coefficient (Wildman–Crippen LogP) is 1.02. The fraction of sp³-hybridized carbons (Fsp3) is 0.562. The van der Waals surface area contributed by atoms with E-state index in [9.17, 15) is 9.59 Å². The van der Waals surface area contributed by atoms with Gasteiger partial charge in [-0.1, -0.05) is 0 Å². The van der Waals surface area contributed by atoms with Gasteiger partial charge >= 0.3 is 0 Å². The molecule has 0 radical (unpaired) electrons. The standard InChI is InChI=1S/C16H22N4O2/c17-15(21)14-11-13(3-6-18-14)19-9-4-12(5-10-19)16(22)20-7-1-2-8-20/h3,6,11-12H,1-2,4-5,7-10H2,(H2,17,21). The minimum Gasteiger partial charge on any atom is -0.371 e. The third kappa shape index (κ3) is 3.05. The highest BCUT2D eigenvalue weighted by atomic mass is 16.2. The molecule has 2 saturated heterocycles. The number of carbonyl (C=O) groups excluding carboxylic acids is 2. The summed E-state index contributed by atoms with van der Waals surface area (Å²) in [5, 5.41) is 0. The van der Waals surface area contributed by atoms with Crippen LogP contribution < -0.4 is 10.6 Å². The maximum Gasteiger partial charge on any atom is 0.267 e. The van der Waals surface area contributed by atoms with Crippen molar-refractivity contribution in [3.8, 4) is 0 Å². The first-order valence-corrected chi connectivity index (χ1v) is 7.95. The maximum atomic E-state index is 12.4. The van der Waals surface area contributed by atoms with E-state index < -0.39 is 5.91 Å². The van der Waals surface area contributed by atoms with E-state index in [4.69, 9.17) is 5.73 Å². The fourth-order valence-electron chi connectivity index (χ4n) is 3.33. The van der Waals surface area contributed by atoms with Gasteiger partial charge in [-0.15, -0.1) is 0 Å². The van der Waals surface area contributed by atoms with Crippen molar-refractivity contribution in [1.82, 2.24) is 9.88 Å². The molecule has 0 spiro atoms. The van der Waals surface area contributed by atoms with Gasteiger partial charge in [0.25, 0.3) is 5.91 Å². The molecular weight excluding hydrogens is 280 g/mol. The van der Waals surface area contributed by atoms with Crippen LogP contribution in [0.5, 0.6) is 0 Å². The van der Waals surface area contributed by atoms with Crippen molar-refractivity contribution in [1.29, 1.82) is 0 Å². The number of carbonyl (C=O) groups is 2. The molecule has 0 atom stereocenters. The second kappa shape index (κ2) is 6.34. The van der Waals surface area contributed by atoms with Gasteiger partial charge in [-0.3, -0.25) is 14.6 Å². The molecule has 2 amide bonds. The Morgan fingerprint density at radius 1 is 1.14 bits per heavy atom. The average Bonchev–Trinajstić information content (AvgIpc) is 3.09. The molecule has 0 bridgehead atoms. The van der Waals surface area contributed by atoms with E-state index in [-0.39, 0.29) is 11.6 Å². The van der Waals surface area contributed by atoms with Crippen LogP contribution in [-0.4, -0.2) is 47.9 Å². The lowest BCUT2D eigenvalue weighted by Crippen LogP contribution is -2.41. The first kappa shape index (κ1) is 14.8. The summed E-state index contributed by atoms with van der Waals surface area (Å²) in [6.07, 6.45) is 5.61. The molecule has 2 aliphatic heterocycles. The molecule has 6 nitrogen and oxygen atoms in total. The minimum absolute atomic E-state index is 0.145. The molecule has 3 rings (SSSR count). The zero-order chi connectivity index (χ0) is 15.5. The molecule has 22 heavy (non-hydrogen) atoms. The van der Waals surface area contributed by atoms with Gasteiger partial charge in [0.05, 0.1) is 0 Å². The second-order valence-corrected chi connectivity index (χ2v) is 6.06. The number of primary amides is 1. The first-order valence-electron chi connectivity index (χ1n) is 7.95. The lowest BCUT2D eigenvalue weighted by atomic mass is 9.95. The SMILES string of the molecule is NC(=O)c1cc(N2CCC(C(=O)N3CCCC3)CC2)ccn1. The number of rotatable bonds is 3. The highest BCUT2D eigenvalue weighted by Gasteiger charge is 2.29. The Kier molecular flexibility index (Phi) is 4.27. The maximum absolute atomic E-state index is 12.4. The lowest BCUT2D eigenvalue weighted by Gasteiger charge is -2.34. The number of nitrogens with zero attached hydrogens (tertiary/aromatic N) is 3. The molecule has 2 aliphatic rings. The smallest absolute Gasteiger partial charge is 0.267 e. The van der Waals surface area contributed by atoms with E-state index in [0.717, 1.165) is 57.5 Å². The molecule has 0 aromatic carbocycles. The third-order valence-corrected chi connectivity index (χ3v) is 4.62. The zero-order valence-corrected chi connectivity index (χ0v) is 12.7. The van der Waals surface area contributed by atoms with Crippen molar-refractivity contribution in [2.45, 2.75) is 25.7 Å². The highest BCUT2D eigenvalue weighted by Crippen LogP contribution is 2.25. The summed E-state index contributed by atoms with van der Waals surface area (Å²) in [4.78, 5) is 31.8. The molecule has 0 aliphatic carbocycles. The van der Waals surface area contributed by atoms with E-state index in [1.54, 1.807) is 12.3 Å². The van der Waals surface area contributed by atoms with Crippen LogP contribution in [0.4, 0.5) is 5.69 Å². The molecule has 118 valence electrons. The van der Waals surface area contributed by atoms with Gasteiger partial charge in [0.15, 0.2) is 0 Å². The average molecular weight is 302 g/mol. The number of hydrogen-bond acceptors (Lipinski definition) is 4. The summed E-state index contributed by atoms with van der Waals surface area (Å²) in [5.74, 6) is -0.0440. The monoisotopic (exact) mass is 302 g/mol. The number of amides is 2. The summed E-state index contributed by atoms with van der Waals surface area (Å²) in [6, 6.07) is 3.61. The summed E-state index contributed by atoms with van der Waals surface area (Å²) in [6.45, 7) is 3.50. The van der Waals surface area contributed by atoms with Crippen LogP contribution >= 0.6 is 0 Å². The lowest BCUT2D eigenvalue weighted by molar-refractivity contribution is -0.135. The number of likely N-dealkylation sites (tertiary alicyclic amines) is 1. The van der Waals surface area contributed by atoms with E-state index >= 15 is 0 Å². The first-order chi connectivity index (χ1) is 10.6. The molecule has 1 aromatic heterocycles. The molecule has 2 N–H and O–H groups in total. The van der Waals surface area contributed by atoms with E-state index in [0.29, 0.717) is 5.91 Å². The van der Waals surface area contributed by atoms with Crippen molar-refractivity contribution >= 4 is 17.5 Å². The topological polar surface area (TPSA) is 79.5 Å². The number of nitrogens with two attached hydrogens (primary N) is 1. The van der Waals surface area contributed by atoms with Gasteiger partial charge in [0.2, 0.25) is 5.91 Å². The Morgan fingerprint density at radius 2 is 1.82 bits per heavy atom. The number of pyridine rings is 1. The Hall–Kier alpha value is -2.11. The van der Waals surface area contributed by atoms with Crippen molar-refractivity contribution in [2.24, 2.45) is 11.7 Å². The number of anilines is 1. The van der Waals surface area contributed by atoms with Crippen molar-refractivity contribution in [3.63, 3.8) is 0 Å². The van der Waals surface area contributed by atoms with Crippen LogP contribution in [0.3, 0.4) is 0 Å². The van der Waals surface area contributed by atoms with Crippen LogP contribution in [0, 0.1) is 5.92 Å². The third-order valence-electron chi connectivity index (χ3n) is 4.62. The molecule has 0 unspecified atom stereocenters. The second-order valence-electron chi connectivity index (χ2n) is 6.06. The van der Waals surface area contributed by atoms with E-state index in [1.807, 2.05) is 11.0 Å². The predicted molar refractivity (Wildman–Crippen MR) is 83.5 cm³/mol. The van der Waals surface area contributed by atoms with Crippen LogP contribution in [0.15, 0.2) is 18.3 Å². The Balaban J connectivity index is 1.60. The molecule has 1 aromatic rings. The molecule has 6 heteroatoms. The van der Waals surface area contributed by atoms with Gasteiger partial charge in [-0.25, -0.2) is 0 Å². The Bertz CT molecular complexity index is 561.